The third-order valence-corrected chi connectivity index (χ3v) is 5.62. The van der Waals surface area contributed by atoms with Crippen LogP contribution in [0, 0.1) is 0 Å². The fourth-order valence-electron chi connectivity index (χ4n) is 3.24. The number of hydrogen-bond acceptors (Lipinski definition) is 3. The van der Waals surface area contributed by atoms with E-state index in [0.717, 1.165) is 11.8 Å². The van der Waals surface area contributed by atoms with Gasteiger partial charge in [-0.2, -0.15) is 0 Å². The number of methoxy groups -OCH3 is 1. The zero-order chi connectivity index (χ0) is 12.5. The van der Waals surface area contributed by atoms with Crippen LogP contribution < -0.4 is 4.74 Å². The van der Waals surface area contributed by atoms with E-state index in [1.54, 1.807) is 7.11 Å². The lowest BCUT2D eigenvalue weighted by Crippen LogP contribution is -2.26. The number of rotatable bonds is 3. The van der Waals surface area contributed by atoms with Crippen molar-refractivity contribution in [1.29, 1.82) is 0 Å². The van der Waals surface area contributed by atoms with Gasteiger partial charge in [-0.15, -0.1) is 11.8 Å². The topological polar surface area (TPSA) is 12.5 Å². The highest BCUT2D eigenvalue weighted by Gasteiger charge is 2.30. The molecule has 98 valence electrons. The van der Waals surface area contributed by atoms with E-state index in [1.165, 1.54) is 42.0 Å². The highest BCUT2D eigenvalue weighted by atomic mass is 32.2. The van der Waals surface area contributed by atoms with Crippen LogP contribution in [-0.2, 0) is 0 Å². The Hall–Kier alpha value is -0.670. The van der Waals surface area contributed by atoms with Gasteiger partial charge in [-0.1, -0.05) is 12.1 Å². The van der Waals surface area contributed by atoms with Crippen LogP contribution in [-0.4, -0.2) is 37.4 Å². The molecule has 0 N–H and O–H groups in total. The molecule has 2 aliphatic rings. The Morgan fingerprint density at radius 2 is 2.33 bits per heavy atom. The van der Waals surface area contributed by atoms with Crippen LogP contribution >= 0.6 is 11.8 Å². The highest BCUT2D eigenvalue weighted by molar-refractivity contribution is 7.99. The van der Waals surface area contributed by atoms with Crippen LogP contribution in [0.25, 0.3) is 0 Å². The van der Waals surface area contributed by atoms with Crippen LogP contribution in [0.5, 0.6) is 5.75 Å². The molecule has 0 saturated carbocycles. The van der Waals surface area contributed by atoms with Gasteiger partial charge >= 0.3 is 0 Å². The number of benzene rings is 1. The minimum Gasteiger partial charge on any atom is -0.496 e. The van der Waals surface area contributed by atoms with Crippen molar-refractivity contribution in [1.82, 2.24) is 4.90 Å². The minimum atomic E-state index is 0.714. The third kappa shape index (κ3) is 2.14. The third-order valence-electron chi connectivity index (χ3n) is 4.33. The van der Waals surface area contributed by atoms with E-state index in [0.29, 0.717) is 5.92 Å². The molecular formula is C15H21NOS. The number of nitrogens with zero attached hydrogens (tertiary/aromatic N) is 1. The summed E-state index contributed by atoms with van der Waals surface area (Å²) >= 11 is 1.97. The van der Waals surface area contributed by atoms with Gasteiger partial charge in [0, 0.05) is 11.8 Å². The van der Waals surface area contributed by atoms with E-state index < -0.39 is 0 Å². The quantitative estimate of drug-likeness (QED) is 0.829. The second-order valence-electron chi connectivity index (χ2n) is 5.40. The Bertz CT molecular complexity index is 435. The van der Waals surface area contributed by atoms with Crippen molar-refractivity contribution in [3.8, 4) is 5.75 Å². The van der Waals surface area contributed by atoms with E-state index in [9.17, 15) is 0 Å². The maximum absolute atomic E-state index is 5.47. The molecule has 0 radical (unpaired) electrons. The number of thioether (sulfide) groups is 1. The van der Waals surface area contributed by atoms with Crippen molar-refractivity contribution in [2.24, 2.45) is 0 Å². The summed E-state index contributed by atoms with van der Waals surface area (Å²) in [6, 6.07) is 7.29. The highest BCUT2D eigenvalue weighted by Crippen LogP contribution is 2.47. The maximum Gasteiger partial charge on any atom is 0.132 e. The SMILES string of the molecule is COc1cccc2c1SCC2C[C@H]1CCCN1C. The summed E-state index contributed by atoms with van der Waals surface area (Å²) in [6.07, 6.45) is 4.05. The largest absolute Gasteiger partial charge is 0.496 e. The van der Waals surface area contributed by atoms with Gasteiger partial charge in [0.1, 0.15) is 5.75 Å². The zero-order valence-corrected chi connectivity index (χ0v) is 12.0. The Kier molecular flexibility index (Phi) is 3.53. The lowest BCUT2D eigenvalue weighted by Gasteiger charge is -2.23. The number of hydrogen-bond donors (Lipinski definition) is 0. The number of likely N-dealkylation sites (tertiary alicyclic amines) is 1. The monoisotopic (exact) mass is 263 g/mol. The molecule has 1 aromatic rings. The molecule has 3 rings (SSSR count). The predicted octanol–water partition coefficient (Wildman–Crippen LogP) is 3.37. The van der Waals surface area contributed by atoms with Crippen molar-refractivity contribution in [3.63, 3.8) is 0 Å². The average Bonchev–Trinajstić information content (AvgIpc) is 2.97. The molecule has 0 aromatic heterocycles. The van der Waals surface area contributed by atoms with Crippen molar-refractivity contribution in [2.75, 3.05) is 26.5 Å². The van der Waals surface area contributed by atoms with Crippen molar-refractivity contribution in [2.45, 2.75) is 36.1 Å². The molecule has 1 fully saturated rings. The molecule has 1 aromatic carbocycles. The summed E-state index contributed by atoms with van der Waals surface area (Å²) in [5, 5.41) is 0. The van der Waals surface area contributed by atoms with Crippen molar-refractivity contribution >= 4 is 11.8 Å². The summed E-state index contributed by atoms with van der Waals surface area (Å²) in [4.78, 5) is 3.91. The molecule has 2 heterocycles. The van der Waals surface area contributed by atoms with Gasteiger partial charge in [0.2, 0.25) is 0 Å². The molecule has 0 spiro atoms. The van der Waals surface area contributed by atoms with Crippen molar-refractivity contribution in [3.05, 3.63) is 23.8 Å². The second-order valence-corrected chi connectivity index (χ2v) is 6.43. The molecule has 0 aliphatic carbocycles. The Morgan fingerprint density at radius 3 is 3.06 bits per heavy atom. The summed E-state index contributed by atoms with van der Waals surface area (Å²) in [5.74, 6) is 2.99. The van der Waals surface area contributed by atoms with E-state index in [1.807, 2.05) is 11.8 Å². The molecule has 1 unspecified atom stereocenters. The normalized spacial score (nSPS) is 27.4. The average molecular weight is 263 g/mol. The van der Waals surface area contributed by atoms with Crippen LogP contribution in [0.4, 0.5) is 0 Å². The molecule has 0 amide bonds. The molecule has 1 saturated heterocycles. The van der Waals surface area contributed by atoms with Gasteiger partial charge in [-0.05, 0) is 50.4 Å². The molecular weight excluding hydrogens is 242 g/mol. The van der Waals surface area contributed by atoms with E-state index in [2.05, 4.69) is 30.1 Å². The standard InChI is InChI=1S/C15H21NOS/c1-16-8-4-5-12(16)9-11-10-18-15-13(11)6-3-7-14(15)17-2/h3,6-7,11-12H,4-5,8-10H2,1-2H3/t11?,12-/m1/s1. The first-order valence-electron chi connectivity index (χ1n) is 6.79. The smallest absolute Gasteiger partial charge is 0.132 e. The first-order chi connectivity index (χ1) is 8.79. The van der Waals surface area contributed by atoms with Gasteiger partial charge in [-0.3, -0.25) is 0 Å². The van der Waals surface area contributed by atoms with Gasteiger partial charge in [0.05, 0.1) is 12.0 Å². The van der Waals surface area contributed by atoms with Gasteiger partial charge in [0.25, 0.3) is 0 Å². The summed E-state index contributed by atoms with van der Waals surface area (Å²) in [7, 11) is 4.04. The summed E-state index contributed by atoms with van der Waals surface area (Å²) in [5.41, 5.74) is 1.51. The van der Waals surface area contributed by atoms with E-state index in [4.69, 9.17) is 4.74 Å². The maximum atomic E-state index is 5.47. The van der Waals surface area contributed by atoms with Gasteiger partial charge in [-0.25, -0.2) is 0 Å². The molecule has 2 aliphatic heterocycles. The first kappa shape index (κ1) is 12.4. The molecule has 2 nitrogen and oxygen atoms in total. The van der Waals surface area contributed by atoms with Crippen LogP contribution in [0.2, 0.25) is 0 Å². The summed E-state index contributed by atoms with van der Waals surface area (Å²) in [6.45, 7) is 1.27. The zero-order valence-electron chi connectivity index (χ0n) is 11.2. The lowest BCUT2D eigenvalue weighted by molar-refractivity contribution is 0.286. The Labute approximate surface area is 114 Å². The number of fused-ring (bicyclic) bond motifs is 1. The first-order valence-corrected chi connectivity index (χ1v) is 7.78. The Balaban J connectivity index is 1.78. The fourth-order valence-corrected chi connectivity index (χ4v) is 4.62. The van der Waals surface area contributed by atoms with Crippen molar-refractivity contribution < 1.29 is 4.74 Å². The molecule has 3 heteroatoms. The van der Waals surface area contributed by atoms with E-state index in [-0.39, 0.29) is 0 Å². The lowest BCUT2D eigenvalue weighted by atomic mass is 9.93. The predicted molar refractivity (Wildman–Crippen MR) is 76.7 cm³/mol. The van der Waals surface area contributed by atoms with Gasteiger partial charge in [0.15, 0.2) is 0 Å². The molecule has 0 bridgehead atoms. The van der Waals surface area contributed by atoms with Crippen LogP contribution in [0.1, 0.15) is 30.7 Å². The van der Waals surface area contributed by atoms with Gasteiger partial charge < -0.3 is 9.64 Å². The fraction of sp³-hybridized carbons (Fsp3) is 0.600. The second kappa shape index (κ2) is 5.14. The summed E-state index contributed by atoms with van der Waals surface area (Å²) < 4.78 is 5.47. The van der Waals surface area contributed by atoms with E-state index >= 15 is 0 Å². The van der Waals surface area contributed by atoms with Crippen LogP contribution in [0.3, 0.4) is 0 Å². The molecule has 2 atom stereocenters. The minimum absolute atomic E-state index is 0.714. The number of ether oxygens (including phenoxy) is 1. The molecule has 18 heavy (non-hydrogen) atoms. The van der Waals surface area contributed by atoms with Crippen LogP contribution in [0.15, 0.2) is 23.1 Å². The Morgan fingerprint density at radius 1 is 1.44 bits per heavy atom.